The molecule has 2 aromatic heterocycles. The van der Waals surface area contributed by atoms with Gasteiger partial charge in [-0.1, -0.05) is 0 Å². The number of pyridine rings is 1. The second-order valence-electron chi connectivity index (χ2n) is 6.00. The van der Waals surface area contributed by atoms with Crippen molar-refractivity contribution in [2.45, 2.75) is 25.9 Å². The van der Waals surface area contributed by atoms with Gasteiger partial charge in [-0.25, -0.2) is 4.98 Å². The maximum absolute atomic E-state index is 12.8. The van der Waals surface area contributed by atoms with Gasteiger partial charge in [0.2, 0.25) is 0 Å². The topological polar surface area (TPSA) is 144 Å². The summed E-state index contributed by atoms with van der Waals surface area (Å²) in [4.78, 5) is 42.5. The van der Waals surface area contributed by atoms with E-state index in [0.717, 1.165) is 10.8 Å². The molecule has 1 aliphatic heterocycles. The number of nitrogens with zero attached hydrogens (tertiary/aromatic N) is 3. The summed E-state index contributed by atoms with van der Waals surface area (Å²) in [6, 6.07) is 0. The molecule has 1 aliphatic rings. The van der Waals surface area contributed by atoms with E-state index < -0.39 is 47.2 Å². The number of halogens is 3. The molecule has 0 bridgehead atoms. The third kappa shape index (κ3) is 4.03. The number of rotatable bonds is 5. The van der Waals surface area contributed by atoms with Crippen LogP contribution in [0.5, 0.6) is 5.75 Å². The molecule has 3 N–H and O–H groups in total. The maximum Gasteiger partial charge on any atom is 0.434 e. The Kier molecular flexibility index (Phi) is 5.24. The van der Waals surface area contributed by atoms with Gasteiger partial charge in [-0.15, -0.1) is 0 Å². The molecule has 1 amide bonds. The predicted molar refractivity (Wildman–Crippen MR) is 87.0 cm³/mol. The molecule has 0 aliphatic carbocycles. The van der Waals surface area contributed by atoms with Crippen molar-refractivity contribution in [2.24, 2.45) is 0 Å². The Morgan fingerprint density at radius 1 is 1.24 bits per heavy atom. The van der Waals surface area contributed by atoms with Crippen LogP contribution in [0.4, 0.5) is 13.2 Å². The van der Waals surface area contributed by atoms with Crippen molar-refractivity contribution in [3.63, 3.8) is 0 Å². The summed E-state index contributed by atoms with van der Waals surface area (Å²) < 4.78 is 44.1. The summed E-state index contributed by atoms with van der Waals surface area (Å²) in [7, 11) is 0. The largest absolute Gasteiger partial charge is 0.506 e. The molecule has 13 heteroatoms. The first-order valence-electron chi connectivity index (χ1n) is 8.03. The number of alkyl halides is 3. The third-order valence-corrected chi connectivity index (χ3v) is 4.08. The smallest absolute Gasteiger partial charge is 0.434 e. The fourth-order valence-electron chi connectivity index (χ4n) is 2.74. The molecule has 0 atom stereocenters. The van der Waals surface area contributed by atoms with Crippen molar-refractivity contribution in [2.75, 3.05) is 6.54 Å². The molecule has 10 nitrogen and oxygen atoms in total. The van der Waals surface area contributed by atoms with Crippen LogP contribution in [0.15, 0.2) is 17.2 Å². The molecule has 3 heterocycles. The molecular formula is C16H13F3N4O6. The first-order valence-corrected chi connectivity index (χ1v) is 8.03. The number of aromatic nitrogens is 3. The molecule has 0 saturated heterocycles. The predicted octanol–water partition coefficient (Wildman–Crippen LogP) is 0.256. The second-order valence-corrected chi connectivity index (χ2v) is 6.00. The Labute approximate surface area is 159 Å². The molecule has 3 rings (SSSR count). The summed E-state index contributed by atoms with van der Waals surface area (Å²) in [5.41, 5.74) is -2.51. The highest BCUT2D eigenvalue weighted by Gasteiger charge is 2.33. The number of ether oxygens (including phenoxy) is 1. The van der Waals surface area contributed by atoms with Crippen LogP contribution in [0.1, 0.15) is 33.0 Å². The lowest BCUT2D eigenvalue weighted by molar-refractivity contribution is -0.141. The minimum Gasteiger partial charge on any atom is -0.506 e. The van der Waals surface area contributed by atoms with Crippen LogP contribution in [-0.4, -0.2) is 43.2 Å². The lowest BCUT2D eigenvalue weighted by atomic mass is 10.1. The van der Waals surface area contributed by atoms with E-state index in [1.54, 1.807) is 0 Å². The fourth-order valence-corrected chi connectivity index (χ4v) is 2.74. The second kappa shape index (κ2) is 7.50. The molecule has 0 saturated carbocycles. The molecular weight excluding hydrogens is 401 g/mol. The highest BCUT2D eigenvalue weighted by atomic mass is 19.4. The normalized spacial score (nSPS) is 13.2. The Hall–Kier alpha value is -3.48. The van der Waals surface area contributed by atoms with Crippen molar-refractivity contribution < 1.29 is 37.7 Å². The number of hydrogen-bond donors (Lipinski definition) is 3. The molecule has 0 unspecified atom stereocenters. The first-order chi connectivity index (χ1) is 13.6. The zero-order valence-electron chi connectivity index (χ0n) is 14.5. The fraction of sp³-hybridized carbons (Fsp3) is 0.312. The van der Waals surface area contributed by atoms with Crippen molar-refractivity contribution in [3.8, 4) is 5.75 Å². The van der Waals surface area contributed by atoms with Gasteiger partial charge < -0.3 is 24.8 Å². The van der Waals surface area contributed by atoms with E-state index in [9.17, 15) is 32.7 Å². The quantitative estimate of drug-likeness (QED) is 0.632. The average Bonchev–Trinajstić information content (AvgIpc) is 3.13. The highest BCUT2D eigenvalue weighted by Crippen LogP contribution is 2.30. The zero-order chi connectivity index (χ0) is 21.3. The van der Waals surface area contributed by atoms with E-state index in [1.165, 1.54) is 0 Å². The molecule has 0 radical (unpaired) electrons. The Balaban J connectivity index is 2.02. The third-order valence-electron chi connectivity index (χ3n) is 4.08. The van der Waals surface area contributed by atoms with Crippen LogP contribution in [0, 0.1) is 0 Å². The van der Waals surface area contributed by atoms with Gasteiger partial charge in [0.05, 0.1) is 43.5 Å². The van der Waals surface area contributed by atoms with E-state index in [-0.39, 0.29) is 36.7 Å². The van der Waals surface area contributed by atoms with Gasteiger partial charge in [0, 0.05) is 5.56 Å². The number of nitrogens with one attached hydrogen (secondary N) is 1. The maximum atomic E-state index is 12.8. The van der Waals surface area contributed by atoms with E-state index >= 15 is 0 Å². The summed E-state index contributed by atoms with van der Waals surface area (Å²) >= 11 is 0. The Morgan fingerprint density at radius 3 is 2.55 bits per heavy atom. The number of aliphatic carboxylic acids is 1. The summed E-state index contributed by atoms with van der Waals surface area (Å²) in [6.07, 6.45) is -3.32. The van der Waals surface area contributed by atoms with Crippen LogP contribution in [0.2, 0.25) is 0 Å². The molecule has 0 spiro atoms. The van der Waals surface area contributed by atoms with Gasteiger partial charge >= 0.3 is 12.1 Å². The van der Waals surface area contributed by atoms with Crippen LogP contribution in [0.3, 0.4) is 0 Å². The van der Waals surface area contributed by atoms with E-state index in [4.69, 9.17) is 9.84 Å². The monoisotopic (exact) mass is 414 g/mol. The standard InChI is InChI=1S/C16H13F3N4O6/c17-16(18,19)10-2-20-7(1-21-10)4-23-9-6-29-5-8(9)13(26)12(15(23)28)14(27)22-3-11(24)25/h1-2,26H,3-6H2,(H,22,27)(H,24,25). The van der Waals surface area contributed by atoms with Crippen LogP contribution >= 0.6 is 0 Å². The van der Waals surface area contributed by atoms with Gasteiger partial charge in [-0.2, -0.15) is 13.2 Å². The summed E-state index contributed by atoms with van der Waals surface area (Å²) in [5.74, 6) is -3.11. The lowest BCUT2D eigenvalue weighted by Crippen LogP contribution is -2.37. The first kappa shape index (κ1) is 20.3. The average molecular weight is 414 g/mol. The summed E-state index contributed by atoms with van der Waals surface area (Å²) in [5, 5.41) is 20.9. The Morgan fingerprint density at radius 2 is 1.97 bits per heavy atom. The van der Waals surface area contributed by atoms with Gasteiger partial charge in [0.25, 0.3) is 11.5 Å². The number of carboxylic acids is 1. The number of carbonyl (C=O) groups excluding carboxylic acids is 1. The lowest BCUT2D eigenvalue weighted by Gasteiger charge is -2.15. The number of hydrogen-bond acceptors (Lipinski definition) is 7. The number of carbonyl (C=O) groups is 2. The van der Waals surface area contributed by atoms with Gasteiger partial charge in [-0.3, -0.25) is 19.4 Å². The molecule has 154 valence electrons. The van der Waals surface area contributed by atoms with Crippen LogP contribution < -0.4 is 10.9 Å². The van der Waals surface area contributed by atoms with Crippen LogP contribution in [0.25, 0.3) is 0 Å². The van der Waals surface area contributed by atoms with Crippen molar-refractivity contribution in [3.05, 3.63) is 51.0 Å². The van der Waals surface area contributed by atoms with Gasteiger partial charge in [0.15, 0.2) is 5.69 Å². The van der Waals surface area contributed by atoms with E-state index in [1.807, 2.05) is 5.32 Å². The van der Waals surface area contributed by atoms with Crippen molar-refractivity contribution in [1.29, 1.82) is 0 Å². The SMILES string of the molecule is O=C(O)CNC(=O)c1c(O)c2c(n(Cc3cnc(C(F)(F)F)cn3)c1=O)COC2. The van der Waals surface area contributed by atoms with Crippen molar-refractivity contribution in [1.82, 2.24) is 19.9 Å². The van der Waals surface area contributed by atoms with Gasteiger partial charge in [0.1, 0.15) is 17.9 Å². The number of carboxylic acid groups (broad SMARTS) is 1. The molecule has 0 aromatic carbocycles. The molecule has 0 fully saturated rings. The van der Waals surface area contributed by atoms with Gasteiger partial charge in [-0.05, 0) is 0 Å². The molecule has 29 heavy (non-hydrogen) atoms. The van der Waals surface area contributed by atoms with Crippen LogP contribution in [-0.2, 0) is 35.5 Å². The zero-order valence-corrected chi connectivity index (χ0v) is 14.5. The number of aromatic hydroxyl groups is 1. The van der Waals surface area contributed by atoms with E-state index in [0.29, 0.717) is 6.20 Å². The highest BCUT2D eigenvalue weighted by molar-refractivity contribution is 5.98. The molecule has 2 aromatic rings. The number of amides is 1. The summed E-state index contributed by atoms with van der Waals surface area (Å²) in [6.45, 7) is -1.31. The minimum atomic E-state index is -4.68. The Bertz CT molecular complexity index is 1030. The minimum absolute atomic E-state index is 0.00298. The van der Waals surface area contributed by atoms with Crippen molar-refractivity contribution >= 4 is 11.9 Å². The number of fused-ring (bicyclic) bond motifs is 1. The van der Waals surface area contributed by atoms with E-state index in [2.05, 4.69) is 9.97 Å².